The highest BCUT2D eigenvalue weighted by atomic mass is 15.1. The van der Waals surface area contributed by atoms with E-state index in [1.807, 2.05) is 24.3 Å². The van der Waals surface area contributed by atoms with Gasteiger partial charge in [-0.1, -0.05) is 35.9 Å². The summed E-state index contributed by atoms with van der Waals surface area (Å²) in [5, 5.41) is 11.4. The summed E-state index contributed by atoms with van der Waals surface area (Å²) in [4.78, 5) is 2.40. The fourth-order valence-corrected chi connectivity index (χ4v) is 2.77. The average Bonchev–Trinajstić information content (AvgIpc) is 2.46. The Kier molecular flexibility index (Phi) is 2.97. The molecule has 0 radical (unpaired) electrons. The molecule has 2 aromatic rings. The van der Waals surface area contributed by atoms with Gasteiger partial charge in [-0.2, -0.15) is 5.26 Å². The zero-order valence-corrected chi connectivity index (χ0v) is 11.1. The van der Waals surface area contributed by atoms with E-state index in [-0.39, 0.29) is 0 Å². The SMILES string of the molecule is CC1=CCCN(c2ccc(C#N)c3ccccc23)C1. The van der Waals surface area contributed by atoms with Gasteiger partial charge in [-0.3, -0.25) is 0 Å². The van der Waals surface area contributed by atoms with E-state index < -0.39 is 0 Å². The number of fused-ring (bicyclic) bond motifs is 1. The van der Waals surface area contributed by atoms with Gasteiger partial charge in [0.1, 0.15) is 0 Å². The molecule has 2 heteroatoms. The van der Waals surface area contributed by atoms with Gasteiger partial charge >= 0.3 is 0 Å². The van der Waals surface area contributed by atoms with Crippen LogP contribution in [0.3, 0.4) is 0 Å². The summed E-state index contributed by atoms with van der Waals surface area (Å²) in [5.41, 5.74) is 3.41. The molecule has 0 N–H and O–H groups in total. The number of benzene rings is 2. The third-order valence-corrected chi connectivity index (χ3v) is 3.69. The summed E-state index contributed by atoms with van der Waals surface area (Å²) >= 11 is 0. The van der Waals surface area contributed by atoms with E-state index in [4.69, 9.17) is 0 Å². The summed E-state index contributed by atoms with van der Waals surface area (Å²) in [5.74, 6) is 0. The van der Waals surface area contributed by atoms with Gasteiger partial charge in [0.25, 0.3) is 0 Å². The van der Waals surface area contributed by atoms with Crippen LogP contribution in [0.15, 0.2) is 48.0 Å². The number of rotatable bonds is 1. The Morgan fingerprint density at radius 3 is 2.63 bits per heavy atom. The van der Waals surface area contributed by atoms with Crippen LogP contribution in [0.1, 0.15) is 18.9 Å². The molecule has 2 nitrogen and oxygen atoms in total. The zero-order chi connectivity index (χ0) is 13.2. The Morgan fingerprint density at radius 2 is 1.89 bits per heavy atom. The monoisotopic (exact) mass is 248 g/mol. The lowest BCUT2D eigenvalue weighted by Gasteiger charge is -2.29. The number of anilines is 1. The van der Waals surface area contributed by atoms with Crippen LogP contribution in [-0.2, 0) is 0 Å². The predicted octanol–water partition coefficient (Wildman–Crippen LogP) is 3.87. The number of nitrogens with zero attached hydrogens (tertiary/aromatic N) is 2. The van der Waals surface area contributed by atoms with E-state index in [1.54, 1.807) is 0 Å². The van der Waals surface area contributed by atoms with Crippen LogP contribution in [-0.4, -0.2) is 13.1 Å². The van der Waals surface area contributed by atoms with Gasteiger partial charge in [0.2, 0.25) is 0 Å². The van der Waals surface area contributed by atoms with E-state index in [0.717, 1.165) is 30.5 Å². The molecule has 0 saturated heterocycles. The van der Waals surface area contributed by atoms with E-state index >= 15 is 0 Å². The highest BCUT2D eigenvalue weighted by Gasteiger charge is 2.14. The minimum absolute atomic E-state index is 0.753. The quantitative estimate of drug-likeness (QED) is 0.716. The first-order valence-electron chi connectivity index (χ1n) is 6.62. The Labute approximate surface area is 113 Å². The van der Waals surface area contributed by atoms with Gasteiger partial charge in [-0.05, 0) is 25.5 Å². The summed E-state index contributed by atoms with van der Waals surface area (Å²) < 4.78 is 0. The van der Waals surface area contributed by atoms with Gasteiger partial charge < -0.3 is 4.90 Å². The van der Waals surface area contributed by atoms with Crippen molar-refractivity contribution in [2.24, 2.45) is 0 Å². The Balaban J connectivity index is 2.15. The lowest BCUT2D eigenvalue weighted by atomic mass is 10.0. The summed E-state index contributed by atoms with van der Waals surface area (Å²) in [6.07, 6.45) is 3.41. The Bertz CT molecular complexity index is 692. The van der Waals surface area contributed by atoms with Crippen LogP contribution < -0.4 is 4.90 Å². The van der Waals surface area contributed by atoms with Gasteiger partial charge in [-0.15, -0.1) is 0 Å². The van der Waals surface area contributed by atoms with Crippen molar-refractivity contribution in [2.45, 2.75) is 13.3 Å². The van der Waals surface area contributed by atoms with Gasteiger partial charge in [0.15, 0.2) is 0 Å². The van der Waals surface area contributed by atoms with Crippen molar-refractivity contribution in [3.05, 3.63) is 53.6 Å². The second-order valence-corrected chi connectivity index (χ2v) is 5.05. The summed E-state index contributed by atoms with van der Waals surface area (Å²) in [6, 6.07) is 14.5. The molecular weight excluding hydrogens is 232 g/mol. The zero-order valence-electron chi connectivity index (χ0n) is 11.1. The fourth-order valence-electron chi connectivity index (χ4n) is 2.77. The molecule has 0 spiro atoms. The van der Waals surface area contributed by atoms with Gasteiger partial charge in [-0.25, -0.2) is 0 Å². The van der Waals surface area contributed by atoms with Gasteiger partial charge in [0.05, 0.1) is 11.6 Å². The largest absolute Gasteiger partial charge is 0.367 e. The molecule has 0 unspecified atom stereocenters. The second kappa shape index (κ2) is 4.78. The van der Waals surface area contributed by atoms with Crippen LogP contribution in [0, 0.1) is 11.3 Å². The molecule has 19 heavy (non-hydrogen) atoms. The molecule has 0 aromatic heterocycles. The number of hydrogen-bond donors (Lipinski definition) is 0. The smallest absolute Gasteiger partial charge is 0.0998 e. The molecule has 1 heterocycles. The molecule has 0 fully saturated rings. The lowest BCUT2D eigenvalue weighted by molar-refractivity contribution is 0.794. The van der Waals surface area contributed by atoms with E-state index in [1.165, 1.54) is 16.6 Å². The maximum absolute atomic E-state index is 9.21. The maximum atomic E-state index is 9.21. The fraction of sp³-hybridized carbons (Fsp3) is 0.235. The Hall–Kier alpha value is -2.27. The van der Waals surface area contributed by atoms with Crippen LogP contribution in [0.4, 0.5) is 5.69 Å². The van der Waals surface area contributed by atoms with Crippen molar-refractivity contribution in [3.8, 4) is 6.07 Å². The molecular formula is C17H16N2. The number of nitriles is 1. The normalized spacial score (nSPS) is 15.2. The summed E-state index contributed by atoms with van der Waals surface area (Å²) in [6.45, 7) is 4.21. The molecule has 0 amide bonds. The molecule has 1 aliphatic rings. The van der Waals surface area contributed by atoms with Crippen molar-refractivity contribution in [1.82, 2.24) is 0 Å². The molecule has 3 rings (SSSR count). The van der Waals surface area contributed by atoms with Crippen LogP contribution >= 0.6 is 0 Å². The molecule has 0 atom stereocenters. The number of hydrogen-bond acceptors (Lipinski definition) is 2. The van der Waals surface area contributed by atoms with Crippen LogP contribution in [0.2, 0.25) is 0 Å². The first kappa shape index (κ1) is 11.8. The van der Waals surface area contributed by atoms with Crippen molar-refractivity contribution < 1.29 is 0 Å². The van der Waals surface area contributed by atoms with Gasteiger partial charge in [0, 0.05) is 29.5 Å². The molecule has 94 valence electrons. The third kappa shape index (κ3) is 2.08. The van der Waals surface area contributed by atoms with Crippen molar-refractivity contribution in [3.63, 3.8) is 0 Å². The average molecular weight is 248 g/mol. The first-order chi connectivity index (χ1) is 9.29. The molecule has 2 aromatic carbocycles. The standard InChI is InChI=1S/C17H16N2/c1-13-5-4-10-19(12-13)17-9-8-14(11-18)15-6-2-3-7-16(15)17/h2-3,5-9H,4,10,12H2,1H3. The molecule has 0 saturated carbocycles. The second-order valence-electron chi connectivity index (χ2n) is 5.05. The lowest BCUT2D eigenvalue weighted by Crippen LogP contribution is -2.29. The maximum Gasteiger partial charge on any atom is 0.0998 e. The highest BCUT2D eigenvalue weighted by Crippen LogP contribution is 2.30. The van der Waals surface area contributed by atoms with Crippen molar-refractivity contribution in [1.29, 1.82) is 5.26 Å². The minimum Gasteiger partial charge on any atom is -0.367 e. The van der Waals surface area contributed by atoms with E-state index in [0.29, 0.717) is 0 Å². The van der Waals surface area contributed by atoms with Crippen LogP contribution in [0.5, 0.6) is 0 Å². The minimum atomic E-state index is 0.753. The van der Waals surface area contributed by atoms with Crippen LogP contribution in [0.25, 0.3) is 10.8 Å². The highest BCUT2D eigenvalue weighted by molar-refractivity contribution is 5.98. The molecule has 0 bridgehead atoms. The van der Waals surface area contributed by atoms with E-state index in [9.17, 15) is 5.26 Å². The van der Waals surface area contributed by atoms with Crippen molar-refractivity contribution >= 4 is 16.5 Å². The molecule has 1 aliphatic heterocycles. The summed E-state index contributed by atoms with van der Waals surface area (Å²) in [7, 11) is 0. The molecule has 0 aliphatic carbocycles. The third-order valence-electron chi connectivity index (χ3n) is 3.69. The Morgan fingerprint density at radius 1 is 1.11 bits per heavy atom. The first-order valence-corrected chi connectivity index (χ1v) is 6.62. The predicted molar refractivity (Wildman–Crippen MR) is 79.3 cm³/mol. The van der Waals surface area contributed by atoms with Crippen molar-refractivity contribution in [2.75, 3.05) is 18.0 Å². The van der Waals surface area contributed by atoms with E-state index in [2.05, 4.69) is 36.1 Å². The topological polar surface area (TPSA) is 27.0 Å².